The van der Waals surface area contributed by atoms with Gasteiger partial charge in [-0.3, -0.25) is 4.79 Å². The molecule has 0 unspecified atom stereocenters. The number of hydrogen-bond donors (Lipinski definition) is 1. The van der Waals surface area contributed by atoms with E-state index < -0.39 is 17.5 Å². The summed E-state index contributed by atoms with van der Waals surface area (Å²) in [7, 11) is 0. The molecule has 0 fully saturated rings. The molecule has 0 saturated carbocycles. The highest BCUT2D eigenvalue weighted by atomic mass is 19.2. The van der Waals surface area contributed by atoms with Crippen LogP contribution >= 0.6 is 0 Å². The van der Waals surface area contributed by atoms with Crippen LogP contribution in [0.15, 0.2) is 52.0 Å². The van der Waals surface area contributed by atoms with E-state index in [0.717, 1.165) is 17.5 Å². The second-order valence-corrected chi connectivity index (χ2v) is 4.93. The van der Waals surface area contributed by atoms with E-state index in [0.29, 0.717) is 16.7 Å². The molecule has 0 atom stereocenters. The highest BCUT2D eigenvalue weighted by Crippen LogP contribution is 2.24. The third-order valence-electron chi connectivity index (χ3n) is 3.37. The number of carbonyl (C=O) groups is 1. The van der Waals surface area contributed by atoms with Gasteiger partial charge in [0.1, 0.15) is 5.58 Å². The molecule has 0 aliphatic rings. The summed E-state index contributed by atoms with van der Waals surface area (Å²) in [6.07, 6.45) is 1.22. The molecule has 2 aromatic carbocycles. The number of amides is 1. The Kier molecular flexibility index (Phi) is 3.89. The third kappa shape index (κ3) is 2.96. The average molecular weight is 314 g/mol. The summed E-state index contributed by atoms with van der Waals surface area (Å²) in [6.45, 7) is 1.78. The summed E-state index contributed by atoms with van der Waals surface area (Å²) in [5.41, 5.74) is 3.95. The molecule has 0 saturated heterocycles. The van der Waals surface area contributed by atoms with Gasteiger partial charge in [-0.15, -0.1) is 0 Å². The molecule has 0 radical (unpaired) electrons. The molecule has 0 bridgehead atoms. The number of aryl methyl sites for hydroxylation is 1. The minimum absolute atomic E-state index is 0.161. The van der Waals surface area contributed by atoms with Gasteiger partial charge < -0.3 is 4.42 Å². The molecule has 4 nitrogen and oxygen atoms in total. The largest absolute Gasteiger partial charge is 0.451 e. The standard InChI is InChI=1S/C17H12F2N2O2/c1-10-12-4-2-3-5-15(12)23-16(10)17(22)21-20-9-11-6-7-13(18)14(19)8-11/h2-9H,1H3,(H,21,22)/b20-9-. The molecule has 6 heteroatoms. The Morgan fingerprint density at radius 1 is 1.17 bits per heavy atom. The molecular weight excluding hydrogens is 302 g/mol. The van der Waals surface area contributed by atoms with E-state index in [2.05, 4.69) is 10.5 Å². The topological polar surface area (TPSA) is 54.6 Å². The third-order valence-corrected chi connectivity index (χ3v) is 3.37. The van der Waals surface area contributed by atoms with Crippen molar-refractivity contribution in [3.8, 4) is 0 Å². The lowest BCUT2D eigenvalue weighted by Gasteiger charge is -1.98. The predicted octanol–water partition coefficient (Wildman–Crippen LogP) is 3.78. The zero-order chi connectivity index (χ0) is 16.4. The Hall–Kier alpha value is -3.02. The smallest absolute Gasteiger partial charge is 0.307 e. The summed E-state index contributed by atoms with van der Waals surface area (Å²) in [4.78, 5) is 12.1. The molecule has 23 heavy (non-hydrogen) atoms. The molecule has 1 aromatic heterocycles. The summed E-state index contributed by atoms with van der Waals surface area (Å²) in [6, 6.07) is 10.6. The van der Waals surface area contributed by atoms with Crippen molar-refractivity contribution in [1.82, 2.24) is 5.43 Å². The second kappa shape index (κ2) is 6.00. The van der Waals surface area contributed by atoms with Crippen LogP contribution in [0.1, 0.15) is 21.7 Å². The van der Waals surface area contributed by atoms with Crippen molar-refractivity contribution in [3.05, 3.63) is 71.0 Å². The SMILES string of the molecule is Cc1c(C(=O)N/N=C\c2ccc(F)c(F)c2)oc2ccccc12. The fourth-order valence-corrected chi connectivity index (χ4v) is 2.20. The number of furan rings is 1. The van der Waals surface area contributed by atoms with Gasteiger partial charge in [-0.25, -0.2) is 14.2 Å². The zero-order valence-corrected chi connectivity index (χ0v) is 12.1. The predicted molar refractivity (Wildman–Crippen MR) is 82.4 cm³/mol. The fraction of sp³-hybridized carbons (Fsp3) is 0.0588. The van der Waals surface area contributed by atoms with Gasteiger partial charge in [-0.1, -0.05) is 24.3 Å². The van der Waals surface area contributed by atoms with Crippen LogP contribution in [-0.4, -0.2) is 12.1 Å². The molecular formula is C17H12F2N2O2. The van der Waals surface area contributed by atoms with Gasteiger partial charge in [-0.2, -0.15) is 5.10 Å². The van der Waals surface area contributed by atoms with E-state index in [4.69, 9.17) is 4.42 Å². The number of halogens is 2. The average Bonchev–Trinajstić information content (AvgIpc) is 2.88. The zero-order valence-electron chi connectivity index (χ0n) is 12.1. The first-order valence-corrected chi connectivity index (χ1v) is 6.83. The van der Waals surface area contributed by atoms with Crippen LogP contribution in [0.25, 0.3) is 11.0 Å². The van der Waals surface area contributed by atoms with Gasteiger partial charge in [0.2, 0.25) is 0 Å². The molecule has 116 valence electrons. The summed E-state index contributed by atoms with van der Waals surface area (Å²) < 4.78 is 31.4. The lowest BCUT2D eigenvalue weighted by Crippen LogP contribution is -2.17. The van der Waals surface area contributed by atoms with Gasteiger partial charge >= 0.3 is 5.91 Å². The van der Waals surface area contributed by atoms with Crippen molar-refractivity contribution in [2.75, 3.05) is 0 Å². The number of hydrazone groups is 1. The molecule has 0 aliphatic carbocycles. The highest BCUT2D eigenvalue weighted by molar-refractivity contribution is 5.99. The lowest BCUT2D eigenvalue weighted by atomic mass is 10.1. The van der Waals surface area contributed by atoms with Gasteiger partial charge in [0, 0.05) is 10.9 Å². The van der Waals surface area contributed by atoms with E-state index in [1.807, 2.05) is 18.2 Å². The van der Waals surface area contributed by atoms with Crippen LogP contribution in [0, 0.1) is 18.6 Å². The van der Waals surface area contributed by atoms with Crippen molar-refractivity contribution >= 4 is 23.1 Å². The van der Waals surface area contributed by atoms with Crippen LogP contribution in [0.3, 0.4) is 0 Å². The molecule has 1 N–H and O–H groups in total. The molecule has 0 spiro atoms. The van der Waals surface area contributed by atoms with E-state index in [1.165, 1.54) is 12.3 Å². The summed E-state index contributed by atoms with van der Waals surface area (Å²) in [5, 5.41) is 4.58. The van der Waals surface area contributed by atoms with Gasteiger partial charge in [0.15, 0.2) is 17.4 Å². The maximum Gasteiger partial charge on any atom is 0.307 e. The number of nitrogens with one attached hydrogen (secondary N) is 1. The number of fused-ring (bicyclic) bond motifs is 1. The second-order valence-electron chi connectivity index (χ2n) is 4.93. The maximum atomic E-state index is 13.1. The van der Waals surface area contributed by atoms with Crippen molar-refractivity contribution in [2.24, 2.45) is 5.10 Å². The minimum Gasteiger partial charge on any atom is -0.451 e. The maximum absolute atomic E-state index is 13.1. The number of para-hydroxylation sites is 1. The number of nitrogens with zero attached hydrogens (tertiary/aromatic N) is 1. The van der Waals surface area contributed by atoms with Gasteiger partial charge in [0.05, 0.1) is 6.21 Å². The Bertz CT molecular complexity index is 916. The van der Waals surface area contributed by atoms with E-state index in [1.54, 1.807) is 13.0 Å². The number of carbonyl (C=O) groups excluding carboxylic acids is 1. The highest BCUT2D eigenvalue weighted by Gasteiger charge is 2.16. The molecule has 1 amide bonds. The Morgan fingerprint density at radius 2 is 1.96 bits per heavy atom. The van der Waals surface area contributed by atoms with Gasteiger partial charge in [-0.05, 0) is 30.7 Å². The van der Waals surface area contributed by atoms with Crippen LogP contribution in [0.2, 0.25) is 0 Å². The summed E-state index contributed by atoms with van der Waals surface area (Å²) in [5.74, 6) is -2.27. The Labute approximate surface area is 130 Å². The normalized spacial score (nSPS) is 11.3. The Morgan fingerprint density at radius 3 is 2.70 bits per heavy atom. The molecule has 3 rings (SSSR count). The first-order chi connectivity index (χ1) is 11.1. The molecule has 3 aromatic rings. The van der Waals surface area contributed by atoms with E-state index in [9.17, 15) is 13.6 Å². The monoisotopic (exact) mass is 314 g/mol. The van der Waals surface area contributed by atoms with Crippen LogP contribution in [-0.2, 0) is 0 Å². The number of hydrogen-bond acceptors (Lipinski definition) is 3. The van der Waals surface area contributed by atoms with Crippen LogP contribution < -0.4 is 5.43 Å². The first-order valence-electron chi connectivity index (χ1n) is 6.83. The van der Waals surface area contributed by atoms with Crippen molar-refractivity contribution in [1.29, 1.82) is 0 Å². The van der Waals surface area contributed by atoms with E-state index in [-0.39, 0.29) is 5.76 Å². The Balaban J connectivity index is 1.77. The van der Waals surface area contributed by atoms with Crippen LogP contribution in [0.4, 0.5) is 8.78 Å². The minimum atomic E-state index is -0.978. The quantitative estimate of drug-likeness (QED) is 0.591. The first kappa shape index (κ1) is 14.9. The molecule has 0 aliphatic heterocycles. The van der Waals surface area contributed by atoms with Crippen LogP contribution in [0.5, 0.6) is 0 Å². The number of rotatable bonds is 3. The molecule has 1 heterocycles. The van der Waals surface area contributed by atoms with E-state index >= 15 is 0 Å². The number of benzene rings is 2. The van der Waals surface area contributed by atoms with Crippen molar-refractivity contribution in [2.45, 2.75) is 6.92 Å². The van der Waals surface area contributed by atoms with Crippen molar-refractivity contribution in [3.63, 3.8) is 0 Å². The van der Waals surface area contributed by atoms with Gasteiger partial charge in [0.25, 0.3) is 0 Å². The van der Waals surface area contributed by atoms with Crippen molar-refractivity contribution < 1.29 is 18.0 Å². The fourth-order valence-electron chi connectivity index (χ4n) is 2.20. The summed E-state index contributed by atoms with van der Waals surface area (Å²) >= 11 is 0. The lowest BCUT2D eigenvalue weighted by molar-refractivity contribution is 0.0929.